The van der Waals surface area contributed by atoms with Crippen molar-refractivity contribution in [3.63, 3.8) is 0 Å². The smallest absolute Gasteiger partial charge is 0.243 e. The topological polar surface area (TPSA) is 121 Å². The molecule has 1 atom stereocenters. The van der Waals surface area contributed by atoms with Crippen LogP contribution in [-0.4, -0.2) is 36.3 Å². The lowest BCUT2D eigenvalue weighted by Crippen LogP contribution is -2.32. The highest BCUT2D eigenvalue weighted by Crippen LogP contribution is 2.12. The SMILES string of the molecule is N#CNC(=NCCCCCCCC(=O)NOC1CCCCO1)Nc1ccncc1. The number of nitrogens with one attached hydrogen (secondary N) is 3. The largest absolute Gasteiger partial charge is 0.350 e. The molecular weight excluding hydrogens is 372 g/mol. The number of nitriles is 1. The minimum atomic E-state index is -0.304. The Morgan fingerprint density at radius 1 is 1.24 bits per heavy atom. The van der Waals surface area contributed by atoms with Crippen LogP contribution in [0.25, 0.3) is 0 Å². The maximum atomic E-state index is 11.8. The van der Waals surface area contributed by atoms with Crippen LogP contribution in [0.3, 0.4) is 0 Å². The van der Waals surface area contributed by atoms with E-state index in [9.17, 15) is 4.79 Å². The zero-order valence-electron chi connectivity index (χ0n) is 16.7. The Morgan fingerprint density at radius 3 is 2.79 bits per heavy atom. The molecule has 2 rings (SSSR count). The molecule has 1 aromatic rings. The molecular formula is C20H30N6O3. The number of nitrogens with zero attached hydrogens (tertiary/aromatic N) is 3. The third-order valence-electron chi connectivity index (χ3n) is 4.39. The Morgan fingerprint density at radius 2 is 2.03 bits per heavy atom. The number of rotatable bonds is 11. The second kappa shape index (κ2) is 14.3. The quantitative estimate of drug-likeness (QED) is 0.130. The number of unbranched alkanes of at least 4 members (excludes halogenated alkanes) is 4. The summed E-state index contributed by atoms with van der Waals surface area (Å²) >= 11 is 0. The van der Waals surface area contributed by atoms with Gasteiger partial charge >= 0.3 is 0 Å². The van der Waals surface area contributed by atoms with E-state index in [1.165, 1.54) is 0 Å². The van der Waals surface area contributed by atoms with E-state index in [1.54, 1.807) is 24.5 Å². The molecule has 1 unspecified atom stereocenters. The van der Waals surface area contributed by atoms with Crippen LogP contribution < -0.4 is 16.1 Å². The van der Waals surface area contributed by atoms with E-state index < -0.39 is 0 Å². The second-order valence-electron chi connectivity index (χ2n) is 6.79. The van der Waals surface area contributed by atoms with Gasteiger partial charge in [-0.25, -0.2) is 10.3 Å². The number of anilines is 1. The Bertz CT molecular complexity index is 656. The van der Waals surface area contributed by atoms with Crippen LogP contribution in [0.1, 0.15) is 57.8 Å². The van der Waals surface area contributed by atoms with Gasteiger partial charge in [-0.1, -0.05) is 19.3 Å². The Labute approximate surface area is 171 Å². The number of aliphatic imine (C=N–C) groups is 1. The highest BCUT2D eigenvalue weighted by molar-refractivity contribution is 5.94. The highest BCUT2D eigenvalue weighted by Gasteiger charge is 2.15. The molecule has 0 aromatic carbocycles. The minimum Gasteiger partial charge on any atom is -0.350 e. The standard InChI is InChI=1S/C20H30N6O3/c21-16-24-20(25-17-10-13-22-14-11-17)23-12-6-3-1-2-4-8-18(27)26-29-19-9-5-7-15-28-19/h10-11,13-14,19H,1-9,12,15H2,(H,26,27)(H2,22,23,24,25). The normalized spacial score (nSPS) is 16.7. The summed E-state index contributed by atoms with van der Waals surface area (Å²) in [6.45, 7) is 1.32. The van der Waals surface area contributed by atoms with E-state index in [-0.39, 0.29) is 12.2 Å². The first-order valence-electron chi connectivity index (χ1n) is 10.2. The van der Waals surface area contributed by atoms with Crippen LogP contribution in [0.5, 0.6) is 0 Å². The van der Waals surface area contributed by atoms with E-state index in [2.05, 4.69) is 26.1 Å². The van der Waals surface area contributed by atoms with E-state index in [4.69, 9.17) is 14.8 Å². The first-order valence-corrected chi connectivity index (χ1v) is 10.2. The highest BCUT2D eigenvalue weighted by atomic mass is 16.8. The summed E-state index contributed by atoms with van der Waals surface area (Å²) in [6, 6.07) is 3.61. The van der Waals surface area contributed by atoms with Gasteiger partial charge < -0.3 is 10.1 Å². The average molecular weight is 402 g/mol. The summed E-state index contributed by atoms with van der Waals surface area (Å²) in [7, 11) is 0. The van der Waals surface area contributed by atoms with Gasteiger partial charge in [0.25, 0.3) is 0 Å². The van der Waals surface area contributed by atoms with E-state index in [1.807, 2.05) is 6.19 Å². The number of hydroxylamine groups is 1. The van der Waals surface area contributed by atoms with Crippen molar-refractivity contribution in [3.8, 4) is 6.19 Å². The molecule has 0 bridgehead atoms. The minimum absolute atomic E-state index is 0.0989. The summed E-state index contributed by atoms with van der Waals surface area (Å²) in [5, 5.41) is 14.4. The summed E-state index contributed by atoms with van der Waals surface area (Å²) in [5.74, 6) is 0.329. The number of carbonyl (C=O) groups excluding carboxylic acids is 1. The van der Waals surface area contributed by atoms with Crippen LogP contribution in [-0.2, 0) is 14.4 Å². The van der Waals surface area contributed by atoms with Crippen molar-refractivity contribution in [1.29, 1.82) is 5.26 Å². The zero-order valence-corrected chi connectivity index (χ0v) is 16.7. The molecule has 29 heavy (non-hydrogen) atoms. The molecule has 0 spiro atoms. The van der Waals surface area contributed by atoms with Gasteiger partial charge in [0.15, 0.2) is 12.5 Å². The molecule has 158 valence electrons. The second-order valence-corrected chi connectivity index (χ2v) is 6.79. The van der Waals surface area contributed by atoms with Crippen molar-refractivity contribution in [2.24, 2.45) is 4.99 Å². The van der Waals surface area contributed by atoms with Crippen LogP contribution in [0, 0.1) is 11.5 Å². The molecule has 1 amide bonds. The van der Waals surface area contributed by atoms with Crippen molar-refractivity contribution in [2.75, 3.05) is 18.5 Å². The molecule has 3 N–H and O–H groups in total. The summed E-state index contributed by atoms with van der Waals surface area (Å²) in [5.41, 5.74) is 3.30. The monoisotopic (exact) mass is 402 g/mol. The number of ether oxygens (including phenoxy) is 1. The fraction of sp³-hybridized carbons (Fsp3) is 0.600. The van der Waals surface area contributed by atoms with Crippen molar-refractivity contribution < 1.29 is 14.4 Å². The molecule has 1 saturated heterocycles. The van der Waals surface area contributed by atoms with Crippen molar-refractivity contribution in [1.82, 2.24) is 15.8 Å². The van der Waals surface area contributed by atoms with Crippen LogP contribution >= 0.6 is 0 Å². The molecule has 9 nitrogen and oxygen atoms in total. The maximum Gasteiger partial charge on any atom is 0.243 e. The summed E-state index contributed by atoms with van der Waals surface area (Å²) in [4.78, 5) is 25.4. The number of carbonyl (C=O) groups is 1. The van der Waals surface area contributed by atoms with Gasteiger partial charge in [0.2, 0.25) is 11.9 Å². The molecule has 1 aromatic heterocycles. The molecule has 2 heterocycles. The lowest BCUT2D eigenvalue weighted by atomic mass is 10.1. The van der Waals surface area contributed by atoms with E-state index in [0.29, 0.717) is 25.5 Å². The van der Waals surface area contributed by atoms with Crippen LogP contribution in [0.15, 0.2) is 29.5 Å². The summed E-state index contributed by atoms with van der Waals surface area (Å²) in [6.07, 6.45) is 13.1. The van der Waals surface area contributed by atoms with Crippen molar-refractivity contribution in [3.05, 3.63) is 24.5 Å². The number of guanidine groups is 1. The van der Waals surface area contributed by atoms with Gasteiger partial charge in [0.1, 0.15) is 0 Å². The summed E-state index contributed by atoms with van der Waals surface area (Å²) < 4.78 is 5.40. The van der Waals surface area contributed by atoms with E-state index in [0.717, 1.165) is 57.1 Å². The predicted octanol–water partition coefficient (Wildman–Crippen LogP) is 2.84. The fourth-order valence-corrected chi connectivity index (χ4v) is 2.84. The molecule has 1 fully saturated rings. The lowest BCUT2D eigenvalue weighted by molar-refractivity contribution is -0.200. The molecule has 0 aliphatic carbocycles. The van der Waals surface area contributed by atoms with Gasteiger partial charge in [0, 0.05) is 44.1 Å². The third-order valence-corrected chi connectivity index (χ3v) is 4.39. The van der Waals surface area contributed by atoms with Gasteiger partial charge in [-0.05, 0) is 37.8 Å². The van der Waals surface area contributed by atoms with Crippen LogP contribution in [0.4, 0.5) is 5.69 Å². The Hall–Kier alpha value is -2.70. The number of hydrogen-bond acceptors (Lipinski definition) is 6. The fourth-order valence-electron chi connectivity index (χ4n) is 2.84. The maximum absolute atomic E-state index is 11.8. The van der Waals surface area contributed by atoms with Gasteiger partial charge in [-0.15, -0.1) is 0 Å². The number of hydrogen-bond donors (Lipinski definition) is 3. The van der Waals surface area contributed by atoms with Gasteiger partial charge in [0.05, 0.1) is 0 Å². The van der Waals surface area contributed by atoms with Gasteiger partial charge in [-0.2, -0.15) is 5.26 Å². The van der Waals surface area contributed by atoms with E-state index >= 15 is 0 Å². The Balaban J connectivity index is 1.49. The third kappa shape index (κ3) is 10.4. The number of pyridine rings is 1. The molecule has 0 radical (unpaired) electrons. The van der Waals surface area contributed by atoms with Crippen molar-refractivity contribution in [2.45, 2.75) is 64.1 Å². The molecule has 9 heteroatoms. The van der Waals surface area contributed by atoms with Crippen molar-refractivity contribution >= 4 is 17.6 Å². The molecule has 1 aliphatic rings. The average Bonchev–Trinajstić information content (AvgIpc) is 2.75. The van der Waals surface area contributed by atoms with Gasteiger partial charge in [-0.3, -0.25) is 20.1 Å². The number of aromatic nitrogens is 1. The Kier molecular flexibility index (Phi) is 11.2. The number of amides is 1. The van der Waals surface area contributed by atoms with Crippen LogP contribution in [0.2, 0.25) is 0 Å². The predicted molar refractivity (Wildman–Crippen MR) is 109 cm³/mol. The zero-order chi connectivity index (χ0) is 20.6. The molecule has 1 aliphatic heterocycles. The lowest BCUT2D eigenvalue weighted by Gasteiger charge is -2.22. The first kappa shape index (κ1) is 22.6. The first-order chi connectivity index (χ1) is 14.3. The molecule has 0 saturated carbocycles.